The lowest BCUT2D eigenvalue weighted by Gasteiger charge is -2.10. The lowest BCUT2D eigenvalue weighted by Crippen LogP contribution is -2.20. The average molecular weight is 214 g/mol. The zero-order chi connectivity index (χ0) is 10.6. The Labute approximate surface area is 84.3 Å². The van der Waals surface area contributed by atoms with Crippen LogP contribution in [0.4, 0.5) is 0 Å². The summed E-state index contributed by atoms with van der Waals surface area (Å²) in [7, 11) is -3.55. The SMILES string of the molecule is CCCC(O)S(=O)(=O)c1ccccc1. The molecule has 0 saturated heterocycles. The molecule has 3 nitrogen and oxygen atoms in total. The summed E-state index contributed by atoms with van der Waals surface area (Å²) in [6, 6.07) is 8.02. The molecule has 0 aromatic heterocycles. The van der Waals surface area contributed by atoms with Gasteiger partial charge in [0.15, 0.2) is 5.44 Å². The van der Waals surface area contributed by atoms with E-state index in [1.54, 1.807) is 18.2 Å². The van der Waals surface area contributed by atoms with Gasteiger partial charge in [0.05, 0.1) is 4.90 Å². The molecule has 1 rings (SSSR count). The van der Waals surface area contributed by atoms with E-state index in [1.807, 2.05) is 6.92 Å². The van der Waals surface area contributed by atoms with Gasteiger partial charge in [0.2, 0.25) is 9.84 Å². The van der Waals surface area contributed by atoms with Crippen molar-refractivity contribution in [2.75, 3.05) is 0 Å². The molecule has 0 radical (unpaired) electrons. The van der Waals surface area contributed by atoms with Crippen LogP contribution in [0.15, 0.2) is 35.2 Å². The predicted octanol–water partition coefficient (Wildman–Crippen LogP) is 1.58. The van der Waals surface area contributed by atoms with E-state index in [2.05, 4.69) is 0 Å². The molecule has 0 aliphatic carbocycles. The Hall–Kier alpha value is -0.870. The fourth-order valence-electron chi connectivity index (χ4n) is 1.17. The van der Waals surface area contributed by atoms with E-state index in [1.165, 1.54) is 12.1 Å². The Morgan fingerprint density at radius 1 is 1.29 bits per heavy atom. The zero-order valence-corrected chi connectivity index (χ0v) is 8.87. The van der Waals surface area contributed by atoms with Crippen LogP contribution >= 0.6 is 0 Å². The van der Waals surface area contributed by atoms with Gasteiger partial charge in [0.1, 0.15) is 0 Å². The summed E-state index contributed by atoms with van der Waals surface area (Å²) in [6.45, 7) is 1.84. The molecule has 1 atom stereocenters. The van der Waals surface area contributed by atoms with Crippen molar-refractivity contribution >= 4 is 9.84 Å². The number of hydrogen-bond donors (Lipinski definition) is 1. The first-order valence-corrected chi connectivity index (χ1v) is 6.10. The summed E-state index contributed by atoms with van der Waals surface area (Å²) < 4.78 is 23.3. The van der Waals surface area contributed by atoms with Gasteiger partial charge in [-0.1, -0.05) is 31.5 Å². The minimum absolute atomic E-state index is 0.181. The highest BCUT2D eigenvalue weighted by atomic mass is 32.2. The molecule has 0 aliphatic heterocycles. The molecule has 0 spiro atoms. The van der Waals surface area contributed by atoms with E-state index in [0.717, 1.165) is 0 Å². The van der Waals surface area contributed by atoms with Gasteiger partial charge in [-0.15, -0.1) is 0 Å². The molecule has 0 saturated carbocycles. The van der Waals surface area contributed by atoms with Gasteiger partial charge in [0.25, 0.3) is 0 Å². The second-order valence-electron chi connectivity index (χ2n) is 3.10. The molecule has 1 unspecified atom stereocenters. The Kier molecular flexibility index (Phi) is 3.66. The average Bonchev–Trinajstić information content (AvgIpc) is 2.19. The van der Waals surface area contributed by atoms with Crippen LogP contribution in [0, 0.1) is 0 Å². The third kappa shape index (κ3) is 2.33. The number of rotatable bonds is 4. The molecule has 1 aromatic rings. The van der Waals surface area contributed by atoms with Crippen molar-refractivity contribution in [2.24, 2.45) is 0 Å². The Balaban J connectivity index is 2.97. The topological polar surface area (TPSA) is 54.4 Å². The second-order valence-corrected chi connectivity index (χ2v) is 5.21. The van der Waals surface area contributed by atoms with Crippen LogP contribution in [-0.4, -0.2) is 19.0 Å². The smallest absolute Gasteiger partial charge is 0.204 e. The maximum absolute atomic E-state index is 11.7. The zero-order valence-electron chi connectivity index (χ0n) is 8.05. The van der Waals surface area contributed by atoms with Crippen molar-refractivity contribution in [1.29, 1.82) is 0 Å². The first-order chi connectivity index (χ1) is 6.59. The second kappa shape index (κ2) is 4.57. The molecule has 0 aliphatic rings. The molecule has 1 N–H and O–H groups in total. The predicted molar refractivity (Wildman–Crippen MR) is 54.5 cm³/mol. The lowest BCUT2D eigenvalue weighted by atomic mass is 10.4. The van der Waals surface area contributed by atoms with Gasteiger partial charge in [-0.3, -0.25) is 0 Å². The maximum Gasteiger partial charge on any atom is 0.204 e. The molecular weight excluding hydrogens is 200 g/mol. The van der Waals surface area contributed by atoms with Gasteiger partial charge in [-0.05, 0) is 18.6 Å². The van der Waals surface area contributed by atoms with Crippen molar-refractivity contribution in [3.63, 3.8) is 0 Å². The first kappa shape index (κ1) is 11.2. The van der Waals surface area contributed by atoms with Crippen LogP contribution in [0.2, 0.25) is 0 Å². The molecule has 0 heterocycles. The highest BCUT2D eigenvalue weighted by molar-refractivity contribution is 7.91. The third-order valence-corrected chi connectivity index (χ3v) is 3.85. The van der Waals surface area contributed by atoms with Crippen molar-refractivity contribution < 1.29 is 13.5 Å². The Morgan fingerprint density at radius 3 is 2.36 bits per heavy atom. The minimum atomic E-state index is -3.55. The molecule has 0 bridgehead atoms. The normalized spacial score (nSPS) is 13.9. The Bertz CT molecular complexity index is 370. The van der Waals surface area contributed by atoms with Crippen molar-refractivity contribution in [2.45, 2.75) is 30.1 Å². The van der Waals surface area contributed by atoms with Crippen LogP contribution in [-0.2, 0) is 9.84 Å². The molecule has 1 aromatic carbocycles. The fourth-order valence-corrected chi connectivity index (χ4v) is 2.57. The highest BCUT2D eigenvalue weighted by Gasteiger charge is 2.23. The first-order valence-electron chi connectivity index (χ1n) is 4.56. The monoisotopic (exact) mass is 214 g/mol. The summed E-state index contributed by atoms with van der Waals surface area (Å²) in [4.78, 5) is 0.181. The largest absolute Gasteiger partial charge is 0.377 e. The van der Waals surface area contributed by atoms with Gasteiger partial charge in [0, 0.05) is 0 Å². The van der Waals surface area contributed by atoms with E-state index in [9.17, 15) is 13.5 Å². The van der Waals surface area contributed by atoms with Crippen LogP contribution in [0.3, 0.4) is 0 Å². The van der Waals surface area contributed by atoms with Crippen LogP contribution < -0.4 is 0 Å². The summed E-state index contributed by atoms with van der Waals surface area (Å²) in [5.41, 5.74) is -1.28. The number of sulfone groups is 1. The molecule has 0 fully saturated rings. The van der Waals surface area contributed by atoms with E-state index in [4.69, 9.17) is 0 Å². The third-order valence-electron chi connectivity index (χ3n) is 1.97. The molecule has 0 amide bonds. The number of aliphatic hydroxyl groups is 1. The lowest BCUT2D eigenvalue weighted by molar-refractivity contribution is 0.237. The summed E-state index contributed by atoms with van der Waals surface area (Å²) >= 11 is 0. The van der Waals surface area contributed by atoms with Crippen molar-refractivity contribution in [1.82, 2.24) is 0 Å². The van der Waals surface area contributed by atoms with Crippen molar-refractivity contribution in [3.05, 3.63) is 30.3 Å². The van der Waals surface area contributed by atoms with Crippen LogP contribution in [0.5, 0.6) is 0 Å². The number of hydrogen-bond acceptors (Lipinski definition) is 3. The van der Waals surface area contributed by atoms with Gasteiger partial charge < -0.3 is 5.11 Å². The number of benzene rings is 1. The fraction of sp³-hybridized carbons (Fsp3) is 0.400. The molecule has 4 heteroatoms. The van der Waals surface area contributed by atoms with Gasteiger partial charge in [-0.2, -0.15) is 0 Å². The summed E-state index contributed by atoms with van der Waals surface area (Å²) in [6.07, 6.45) is 0.921. The van der Waals surface area contributed by atoms with E-state index in [0.29, 0.717) is 6.42 Å². The molecular formula is C10H14O3S. The summed E-state index contributed by atoms with van der Waals surface area (Å²) in [5, 5.41) is 9.44. The van der Waals surface area contributed by atoms with E-state index < -0.39 is 15.3 Å². The minimum Gasteiger partial charge on any atom is -0.377 e. The number of aliphatic hydroxyl groups excluding tert-OH is 1. The molecule has 78 valence electrons. The Morgan fingerprint density at radius 2 is 1.86 bits per heavy atom. The standard InChI is InChI=1S/C10H14O3S/c1-2-6-10(11)14(12,13)9-7-4-3-5-8-9/h3-5,7-8,10-11H,2,6H2,1H3. The van der Waals surface area contributed by atoms with Gasteiger partial charge >= 0.3 is 0 Å². The molecule has 14 heavy (non-hydrogen) atoms. The van der Waals surface area contributed by atoms with Gasteiger partial charge in [-0.25, -0.2) is 8.42 Å². The quantitative estimate of drug-likeness (QED) is 0.827. The highest BCUT2D eigenvalue weighted by Crippen LogP contribution is 2.16. The van der Waals surface area contributed by atoms with Crippen molar-refractivity contribution in [3.8, 4) is 0 Å². The maximum atomic E-state index is 11.7. The van der Waals surface area contributed by atoms with Crippen LogP contribution in [0.25, 0.3) is 0 Å². The van der Waals surface area contributed by atoms with E-state index in [-0.39, 0.29) is 11.3 Å². The van der Waals surface area contributed by atoms with Crippen LogP contribution in [0.1, 0.15) is 19.8 Å². The summed E-state index contributed by atoms with van der Waals surface area (Å²) in [5.74, 6) is 0. The van der Waals surface area contributed by atoms with E-state index >= 15 is 0 Å².